The van der Waals surface area contributed by atoms with Gasteiger partial charge in [0.05, 0.1) is 39.3 Å². The third-order valence-corrected chi connectivity index (χ3v) is 13.6. The second-order valence-corrected chi connectivity index (χ2v) is 17.5. The molecule has 2 amide bonds. The highest BCUT2D eigenvalue weighted by Crippen LogP contribution is 2.32. The van der Waals surface area contributed by atoms with E-state index >= 15 is 0 Å². The molecular weight excluding hydrogens is 797 g/mol. The van der Waals surface area contributed by atoms with Crippen molar-refractivity contribution in [2.45, 2.75) is 50.0 Å². The first-order chi connectivity index (χ1) is 30.7. The number of H-pyrrole nitrogens is 2. The fourth-order valence-corrected chi connectivity index (χ4v) is 9.93. The van der Waals surface area contributed by atoms with Gasteiger partial charge in [0.15, 0.2) is 0 Å². The van der Waals surface area contributed by atoms with Crippen molar-refractivity contribution in [2.75, 3.05) is 81.1 Å². The van der Waals surface area contributed by atoms with Gasteiger partial charge in [0, 0.05) is 82.0 Å². The van der Waals surface area contributed by atoms with Crippen LogP contribution in [0.15, 0.2) is 88.7 Å². The number of para-hydroxylation sites is 1. The number of anilines is 3. The van der Waals surface area contributed by atoms with Crippen molar-refractivity contribution < 1.29 is 9.59 Å². The van der Waals surface area contributed by atoms with Crippen LogP contribution in [0.2, 0.25) is 0 Å². The molecule has 63 heavy (non-hydrogen) atoms. The van der Waals surface area contributed by atoms with E-state index in [-0.39, 0.29) is 34.8 Å². The van der Waals surface area contributed by atoms with Crippen LogP contribution >= 0.6 is 0 Å². The van der Waals surface area contributed by atoms with Gasteiger partial charge in [-0.1, -0.05) is 12.1 Å². The number of carbonyl (C=O) groups is 2. The zero-order valence-corrected chi connectivity index (χ0v) is 35.4. The highest BCUT2D eigenvalue weighted by Gasteiger charge is 2.34. The van der Waals surface area contributed by atoms with Gasteiger partial charge in [-0.05, 0) is 106 Å². The standard InChI is InChI=1S/C47H52N12O4/c1-48-44(60)31-6-11-41(50-23-31)57-20-15-34(16-21-57)58-19-14-32(28-58)43-53-39-9-7-33(22-37(39)46(62)55-43)51-47(63)40-10-8-35(24-49-40)59-26-29(27-59)25-56-17-12-30(13-18-56)42-52-38-5-3-2-4-36(38)45(61)54-42/h2-11,22-24,29-30,32,34H,12-21,25-28H2,1H3,(H,48,60)(H,51,63)(H,52,54,61)(H,53,55,62). The van der Waals surface area contributed by atoms with Crippen LogP contribution in [0.4, 0.5) is 17.2 Å². The first-order valence-electron chi connectivity index (χ1n) is 22.2. The molecule has 4 aromatic heterocycles. The summed E-state index contributed by atoms with van der Waals surface area (Å²) in [6.07, 6.45) is 8.28. The second kappa shape index (κ2) is 17.3. The fourth-order valence-electron chi connectivity index (χ4n) is 9.93. The lowest BCUT2D eigenvalue weighted by Crippen LogP contribution is -2.52. The average molecular weight is 849 g/mol. The Labute approximate surface area is 364 Å². The van der Waals surface area contributed by atoms with Crippen LogP contribution in [-0.2, 0) is 0 Å². The Balaban J connectivity index is 0.680. The Hall–Kier alpha value is -6.52. The highest BCUT2D eigenvalue weighted by molar-refractivity contribution is 6.04. The number of benzene rings is 2. The van der Waals surface area contributed by atoms with Gasteiger partial charge in [0.2, 0.25) is 0 Å². The fraction of sp³-hybridized carbons (Fsp3) is 0.404. The number of amides is 2. The number of hydrogen-bond donors (Lipinski definition) is 4. The topological polar surface area (TPSA) is 188 Å². The van der Waals surface area contributed by atoms with E-state index in [1.54, 1.807) is 43.7 Å². The van der Waals surface area contributed by atoms with E-state index in [2.05, 4.69) is 50.2 Å². The number of hydrogen-bond acceptors (Lipinski definition) is 12. The molecule has 0 aliphatic carbocycles. The Morgan fingerprint density at radius 3 is 2.16 bits per heavy atom. The maximum Gasteiger partial charge on any atom is 0.274 e. The van der Waals surface area contributed by atoms with Crippen LogP contribution in [0.1, 0.15) is 76.4 Å². The lowest BCUT2D eigenvalue weighted by Gasteiger charge is -2.44. The molecule has 0 spiro atoms. The van der Waals surface area contributed by atoms with E-state index in [0.29, 0.717) is 51.0 Å². The zero-order valence-electron chi connectivity index (χ0n) is 35.4. The van der Waals surface area contributed by atoms with Crippen LogP contribution in [0, 0.1) is 5.92 Å². The Morgan fingerprint density at radius 1 is 0.698 bits per heavy atom. The third-order valence-electron chi connectivity index (χ3n) is 13.6. The number of aromatic amines is 2. The summed E-state index contributed by atoms with van der Waals surface area (Å²) in [6, 6.07) is 20.6. The molecule has 6 aromatic rings. The van der Waals surface area contributed by atoms with Crippen molar-refractivity contribution in [1.82, 2.24) is 45.0 Å². The summed E-state index contributed by atoms with van der Waals surface area (Å²) < 4.78 is 0. The molecule has 4 N–H and O–H groups in total. The minimum Gasteiger partial charge on any atom is -0.369 e. The Morgan fingerprint density at radius 2 is 1.43 bits per heavy atom. The molecule has 4 aliphatic heterocycles. The van der Waals surface area contributed by atoms with Gasteiger partial charge in [-0.25, -0.2) is 19.9 Å². The number of carbonyl (C=O) groups excluding carboxylic acids is 2. The smallest absolute Gasteiger partial charge is 0.274 e. The summed E-state index contributed by atoms with van der Waals surface area (Å²) in [7, 11) is 1.61. The van der Waals surface area contributed by atoms with Crippen molar-refractivity contribution in [2.24, 2.45) is 5.92 Å². The lowest BCUT2D eigenvalue weighted by molar-refractivity contribution is 0.0961. The zero-order chi connectivity index (χ0) is 43.0. The second-order valence-electron chi connectivity index (χ2n) is 17.5. The lowest BCUT2D eigenvalue weighted by atomic mass is 9.93. The van der Waals surface area contributed by atoms with Crippen LogP contribution in [-0.4, -0.2) is 124 Å². The quantitative estimate of drug-likeness (QED) is 0.153. The Kier molecular flexibility index (Phi) is 11.2. The first kappa shape index (κ1) is 40.5. The van der Waals surface area contributed by atoms with Crippen LogP contribution in [0.5, 0.6) is 0 Å². The number of rotatable bonds is 10. The van der Waals surface area contributed by atoms with Gasteiger partial charge >= 0.3 is 0 Å². The number of fused-ring (bicyclic) bond motifs is 2. The first-order valence-corrected chi connectivity index (χ1v) is 22.2. The molecule has 16 heteroatoms. The monoisotopic (exact) mass is 848 g/mol. The van der Waals surface area contributed by atoms with Crippen molar-refractivity contribution >= 4 is 50.8 Å². The van der Waals surface area contributed by atoms with E-state index in [4.69, 9.17) is 9.97 Å². The van der Waals surface area contributed by atoms with Gasteiger partial charge in [-0.15, -0.1) is 0 Å². The molecule has 0 saturated carbocycles. The largest absolute Gasteiger partial charge is 0.369 e. The van der Waals surface area contributed by atoms with E-state index in [1.807, 2.05) is 42.5 Å². The summed E-state index contributed by atoms with van der Waals surface area (Å²) in [6.45, 7) is 8.43. The number of nitrogens with zero attached hydrogens (tertiary/aromatic N) is 8. The van der Waals surface area contributed by atoms with Crippen molar-refractivity contribution in [3.8, 4) is 0 Å². The van der Waals surface area contributed by atoms with Crippen molar-refractivity contribution in [3.63, 3.8) is 0 Å². The minimum absolute atomic E-state index is 0.0639. The molecule has 4 fully saturated rings. The maximum atomic E-state index is 13.4. The van der Waals surface area contributed by atoms with Gasteiger partial charge < -0.3 is 35.3 Å². The van der Waals surface area contributed by atoms with E-state index < -0.39 is 0 Å². The summed E-state index contributed by atoms with van der Waals surface area (Å²) in [5.41, 5.74) is 3.42. The number of piperidine rings is 2. The Bertz CT molecular complexity index is 2750. The molecule has 2 aromatic carbocycles. The number of nitrogens with one attached hydrogen (secondary N) is 4. The highest BCUT2D eigenvalue weighted by atomic mass is 16.2. The molecular formula is C47H52N12O4. The molecule has 324 valence electrons. The molecule has 16 nitrogen and oxygen atoms in total. The molecule has 0 bridgehead atoms. The number of pyridine rings is 2. The van der Waals surface area contributed by atoms with Gasteiger partial charge in [-0.3, -0.25) is 24.1 Å². The van der Waals surface area contributed by atoms with E-state index in [9.17, 15) is 19.2 Å². The third kappa shape index (κ3) is 8.52. The predicted molar refractivity (Wildman–Crippen MR) is 243 cm³/mol. The number of aromatic nitrogens is 6. The summed E-state index contributed by atoms with van der Waals surface area (Å²) in [4.78, 5) is 85.5. The predicted octanol–water partition coefficient (Wildman–Crippen LogP) is 4.34. The summed E-state index contributed by atoms with van der Waals surface area (Å²) in [5, 5.41) is 6.60. The number of likely N-dealkylation sites (tertiary alicyclic amines) is 2. The molecule has 4 saturated heterocycles. The van der Waals surface area contributed by atoms with Crippen LogP contribution < -0.4 is 31.6 Å². The maximum absolute atomic E-state index is 13.4. The average Bonchev–Trinajstić information content (AvgIpc) is 3.81. The summed E-state index contributed by atoms with van der Waals surface area (Å²) >= 11 is 0. The minimum atomic E-state index is -0.346. The van der Waals surface area contributed by atoms with Gasteiger partial charge in [0.25, 0.3) is 22.9 Å². The molecule has 1 atom stereocenters. The van der Waals surface area contributed by atoms with Crippen molar-refractivity contribution in [3.05, 3.63) is 123 Å². The SMILES string of the molecule is CNC(=O)c1ccc(N2CCC(N3CCC(c4nc5ccc(NC(=O)c6ccc(N7CC(CN8CCC(c9nc%10ccccc%10c(=O)[nH]9)CC8)C7)cn6)cc5c(=O)[nH]4)C3)CC2)nc1. The molecule has 8 heterocycles. The molecule has 4 aliphatic rings. The van der Waals surface area contributed by atoms with Crippen LogP contribution in [0.25, 0.3) is 21.8 Å². The van der Waals surface area contributed by atoms with Crippen LogP contribution in [0.3, 0.4) is 0 Å². The van der Waals surface area contributed by atoms with Gasteiger partial charge in [-0.2, -0.15) is 0 Å². The molecule has 10 rings (SSSR count). The molecule has 1 unspecified atom stereocenters. The van der Waals surface area contributed by atoms with Crippen molar-refractivity contribution in [1.29, 1.82) is 0 Å². The molecule has 0 radical (unpaired) electrons. The normalized spacial score (nSPS) is 19.4. The van der Waals surface area contributed by atoms with E-state index in [0.717, 1.165) is 114 Å². The van der Waals surface area contributed by atoms with Gasteiger partial charge in [0.1, 0.15) is 23.2 Å². The van der Waals surface area contributed by atoms with E-state index in [1.165, 1.54) is 0 Å². The summed E-state index contributed by atoms with van der Waals surface area (Å²) in [5.74, 6) is 2.86.